The van der Waals surface area contributed by atoms with Crippen LogP contribution in [0.1, 0.15) is 48.2 Å². The van der Waals surface area contributed by atoms with Crippen molar-refractivity contribution in [3.63, 3.8) is 0 Å². The van der Waals surface area contributed by atoms with Crippen LogP contribution >= 0.6 is 11.6 Å². The van der Waals surface area contributed by atoms with E-state index in [0.29, 0.717) is 11.4 Å². The van der Waals surface area contributed by atoms with E-state index in [0.717, 1.165) is 19.1 Å². The average molecular weight is 518 g/mol. The number of alkyl halides is 3. The van der Waals surface area contributed by atoms with Gasteiger partial charge in [-0.2, -0.15) is 18.3 Å². The van der Waals surface area contributed by atoms with Crippen LogP contribution in [-0.4, -0.2) is 43.0 Å². The third kappa shape index (κ3) is 5.27. The van der Waals surface area contributed by atoms with Crippen molar-refractivity contribution in [1.29, 1.82) is 0 Å². The summed E-state index contributed by atoms with van der Waals surface area (Å²) in [6, 6.07) is 1.74. The number of aromatic amines is 1. The second kappa shape index (κ2) is 9.15. The van der Waals surface area contributed by atoms with Crippen LogP contribution in [0.4, 0.5) is 23.2 Å². The minimum atomic E-state index is -4.75. The molecule has 0 saturated heterocycles. The molecule has 1 atom stereocenters. The Morgan fingerprint density at radius 2 is 1.91 bits per heavy atom. The molecule has 0 fully saturated rings. The van der Waals surface area contributed by atoms with Gasteiger partial charge in [-0.1, -0.05) is 11.6 Å². The van der Waals surface area contributed by atoms with E-state index in [9.17, 15) is 23.1 Å². The summed E-state index contributed by atoms with van der Waals surface area (Å²) in [6.07, 6.45) is -7.05. The van der Waals surface area contributed by atoms with Crippen LogP contribution < -0.4 is 10.1 Å². The normalized spacial score (nSPS) is 13.1. The molecule has 3 rings (SSSR count). The third-order valence-corrected chi connectivity index (χ3v) is 5.70. The SMILES string of the molecule is Cc1[nH]nc(Cl)c1NC(=O)c1cc(F)c(-c2nc(C(C)(C)O)c(C)n2C)cc1O[C@@H](C)C(F)(F)F. The zero-order chi connectivity index (χ0) is 26.5. The molecular weight excluding hydrogens is 494 g/mol. The fourth-order valence-corrected chi connectivity index (χ4v) is 3.61. The van der Waals surface area contributed by atoms with Crippen LogP contribution in [0.2, 0.25) is 5.15 Å². The number of hydrogen-bond donors (Lipinski definition) is 3. The summed E-state index contributed by atoms with van der Waals surface area (Å²) in [5.74, 6) is -2.39. The van der Waals surface area contributed by atoms with E-state index in [2.05, 4.69) is 20.5 Å². The van der Waals surface area contributed by atoms with Gasteiger partial charge in [-0.15, -0.1) is 0 Å². The molecule has 13 heteroatoms. The van der Waals surface area contributed by atoms with Gasteiger partial charge in [0.2, 0.25) is 0 Å². The van der Waals surface area contributed by atoms with Crippen LogP contribution in [0, 0.1) is 19.7 Å². The van der Waals surface area contributed by atoms with Gasteiger partial charge >= 0.3 is 6.18 Å². The molecule has 1 amide bonds. The molecule has 0 saturated carbocycles. The van der Waals surface area contributed by atoms with Gasteiger partial charge in [-0.25, -0.2) is 9.37 Å². The smallest absolute Gasteiger partial charge is 0.425 e. The van der Waals surface area contributed by atoms with Crippen molar-refractivity contribution in [3.8, 4) is 17.1 Å². The molecule has 0 spiro atoms. The second-order valence-electron chi connectivity index (χ2n) is 8.59. The number of aryl methyl sites for hydroxylation is 1. The molecule has 0 bridgehead atoms. The van der Waals surface area contributed by atoms with E-state index < -0.39 is 40.9 Å². The number of amides is 1. The van der Waals surface area contributed by atoms with Gasteiger partial charge in [0.1, 0.15) is 28.7 Å². The summed E-state index contributed by atoms with van der Waals surface area (Å²) < 4.78 is 61.6. The van der Waals surface area contributed by atoms with Crippen molar-refractivity contribution in [2.24, 2.45) is 7.05 Å². The Labute approximate surface area is 203 Å². The molecule has 0 aliphatic rings. The van der Waals surface area contributed by atoms with Crippen molar-refractivity contribution in [1.82, 2.24) is 19.7 Å². The highest BCUT2D eigenvalue weighted by Gasteiger charge is 2.39. The molecule has 2 aromatic heterocycles. The van der Waals surface area contributed by atoms with Crippen molar-refractivity contribution < 1.29 is 32.2 Å². The van der Waals surface area contributed by atoms with Crippen molar-refractivity contribution in [3.05, 3.63) is 45.7 Å². The lowest BCUT2D eigenvalue weighted by Gasteiger charge is -2.20. The molecule has 0 aliphatic carbocycles. The molecule has 8 nitrogen and oxygen atoms in total. The second-order valence-corrected chi connectivity index (χ2v) is 8.94. The maximum atomic E-state index is 15.3. The number of anilines is 1. The number of nitrogens with zero attached hydrogens (tertiary/aromatic N) is 3. The number of aliphatic hydroxyl groups is 1. The van der Waals surface area contributed by atoms with Gasteiger partial charge in [0.15, 0.2) is 11.3 Å². The Morgan fingerprint density at radius 1 is 1.29 bits per heavy atom. The minimum absolute atomic E-state index is 0.0299. The largest absolute Gasteiger partial charge is 0.480 e. The zero-order valence-corrected chi connectivity index (χ0v) is 20.5. The van der Waals surface area contributed by atoms with Crippen LogP contribution in [0.25, 0.3) is 11.4 Å². The predicted octanol–water partition coefficient (Wildman–Crippen LogP) is 5.03. The van der Waals surface area contributed by atoms with Crippen LogP contribution in [0.3, 0.4) is 0 Å². The van der Waals surface area contributed by atoms with E-state index in [1.54, 1.807) is 20.9 Å². The van der Waals surface area contributed by atoms with Crippen LogP contribution in [-0.2, 0) is 12.6 Å². The van der Waals surface area contributed by atoms with Crippen molar-refractivity contribution in [2.45, 2.75) is 52.5 Å². The summed E-state index contributed by atoms with van der Waals surface area (Å²) in [6.45, 7) is 6.98. The number of imidazole rings is 1. The number of ether oxygens (including phenoxy) is 1. The van der Waals surface area contributed by atoms with Gasteiger partial charge < -0.3 is 19.7 Å². The number of hydrogen-bond acceptors (Lipinski definition) is 5. The molecule has 2 heterocycles. The molecule has 3 aromatic rings. The van der Waals surface area contributed by atoms with Crippen LogP contribution in [0.15, 0.2) is 12.1 Å². The van der Waals surface area contributed by atoms with E-state index in [1.807, 2.05) is 0 Å². The highest BCUT2D eigenvalue weighted by atomic mass is 35.5. The molecule has 0 aliphatic heterocycles. The van der Waals surface area contributed by atoms with Crippen LogP contribution in [0.5, 0.6) is 5.75 Å². The van der Waals surface area contributed by atoms with E-state index >= 15 is 4.39 Å². The first kappa shape index (κ1) is 26.5. The Morgan fingerprint density at radius 3 is 2.40 bits per heavy atom. The lowest BCUT2D eigenvalue weighted by atomic mass is 10.0. The lowest BCUT2D eigenvalue weighted by Crippen LogP contribution is -2.32. The third-order valence-electron chi connectivity index (χ3n) is 5.42. The molecule has 190 valence electrons. The first-order valence-corrected chi connectivity index (χ1v) is 10.8. The average Bonchev–Trinajstić information content (AvgIpc) is 3.21. The highest BCUT2D eigenvalue weighted by molar-refractivity contribution is 6.33. The number of rotatable bonds is 6. The maximum absolute atomic E-state index is 15.3. The van der Waals surface area contributed by atoms with E-state index in [-0.39, 0.29) is 27.9 Å². The summed E-state index contributed by atoms with van der Waals surface area (Å²) in [4.78, 5) is 17.2. The molecule has 35 heavy (non-hydrogen) atoms. The molecular formula is C22H24ClF4N5O3. The summed E-state index contributed by atoms with van der Waals surface area (Å²) in [7, 11) is 1.56. The molecule has 3 N–H and O–H groups in total. The predicted molar refractivity (Wildman–Crippen MR) is 121 cm³/mol. The van der Waals surface area contributed by atoms with E-state index in [1.165, 1.54) is 18.4 Å². The van der Waals surface area contributed by atoms with Crippen molar-refractivity contribution >= 4 is 23.2 Å². The maximum Gasteiger partial charge on any atom is 0.425 e. The fraction of sp³-hybridized carbons (Fsp3) is 0.409. The summed E-state index contributed by atoms with van der Waals surface area (Å²) >= 11 is 5.93. The lowest BCUT2D eigenvalue weighted by molar-refractivity contribution is -0.189. The quantitative estimate of drug-likeness (QED) is 0.398. The van der Waals surface area contributed by atoms with Gasteiger partial charge in [-0.05, 0) is 46.8 Å². The Balaban J connectivity index is 2.16. The topological polar surface area (TPSA) is 105 Å². The first-order valence-electron chi connectivity index (χ1n) is 10.4. The monoisotopic (exact) mass is 517 g/mol. The Bertz CT molecular complexity index is 1260. The minimum Gasteiger partial charge on any atom is -0.480 e. The number of carbonyl (C=O) groups excluding carboxylic acids is 1. The van der Waals surface area contributed by atoms with Gasteiger partial charge in [0, 0.05) is 12.7 Å². The fourth-order valence-electron chi connectivity index (χ4n) is 3.38. The summed E-state index contributed by atoms with van der Waals surface area (Å²) in [5, 5.41) is 19.0. The zero-order valence-electron chi connectivity index (χ0n) is 19.7. The number of halogens is 5. The van der Waals surface area contributed by atoms with Gasteiger partial charge in [0.05, 0.1) is 22.5 Å². The number of H-pyrrole nitrogens is 1. The molecule has 0 radical (unpaired) electrons. The van der Waals surface area contributed by atoms with Gasteiger partial charge in [0.25, 0.3) is 5.91 Å². The standard InChI is InChI=1S/C22H24ClF4N5O3/c1-9-16(18(23)31-30-9)28-20(33)13-7-14(24)12(8-15(13)35-11(3)22(25,26)27)19-29-17(21(4,5)34)10(2)32(19)6/h7-8,11,34H,1-6H3,(H,28,33)(H,30,31)/t11-/m0/s1. The summed E-state index contributed by atoms with van der Waals surface area (Å²) in [5.41, 5.74) is -0.823. The molecule has 1 aromatic carbocycles. The van der Waals surface area contributed by atoms with E-state index in [4.69, 9.17) is 16.3 Å². The molecule has 0 unspecified atom stereocenters. The Kier molecular flexibility index (Phi) is 6.93. The Hall–Kier alpha value is -3.12. The first-order chi connectivity index (χ1) is 16.0. The number of aromatic nitrogens is 4. The number of benzene rings is 1. The number of carbonyl (C=O) groups is 1. The van der Waals surface area contributed by atoms with Crippen molar-refractivity contribution in [2.75, 3.05) is 5.32 Å². The van der Waals surface area contributed by atoms with Gasteiger partial charge in [-0.3, -0.25) is 9.89 Å². The number of nitrogens with one attached hydrogen (secondary N) is 2. The highest BCUT2D eigenvalue weighted by Crippen LogP contribution is 2.36.